The molecule has 3 aromatic carbocycles. The van der Waals surface area contributed by atoms with Crippen LogP contribution in [0.25, 0.3) is 22.1 Å². The Morgan fingerprint density at radius 1 is 0.900 bits per heavy atom. The second-order valence-corrected chi connectivity index (χ2v) is 7.12. The maximum Gasteiger partial charge on any atom is 0.344 e. The van der Waals surface area contributed by atoms with E-state index >= 15 is 0 Å². The summed E-state index contributed by atoms with van der Waals surface area (Å²) in [7, 11) is 1.55. The lowest BCUT2D eigenvalue weighted by Crippen LogP contribution is -2.14. The molecule has 0 aliphatic rings. The summed E-state index contributed by atoms with van der Waals surface area (Å²) in [6.07, 6.45) is 0. The molecule has 0 aliphatic heterocycles. The van der Waals surface area contributed by atoms with Gasteiger partial charge >= 0.3 is 5.63 Å². The van der Waals surface area contributed by atoms with Crippen molar-refractivity contribution in [2.45, 2.75) is 13.8 Å². The summed E-state index contributed by atoms with van der Waals surface area (Å²) >= 11 is 0. The number of carbonyl (C=O) groups excluding carboxylic acids is 1. The van der Waals surface area contributed by atoms with Crippen molar-refractivity contribution in [3.05, 3.63) is 93.8 Å². The number of hydrogen-bond donors (Lipinski definition) is 1. The summed E-state index contributed by atoms with van der Waals surface area (Å²) in [5, 5.41) is 3.76. The summed E-state index contributed by atoms with van der Waals surface area (Å²) in [6.45, 7) is 3.79. The summed E-state index contributed by atoms with van der Waals surface area (Å²) in [4.78, 5) is 25.2. The van der Waals surface area contributed by atoms with Gasteiger partial charge in [-0.2, -0.15) is 0 Å². The number of carbonyl (C=O) groups is 1. The molecule has 0 fully saturated rings. The third-order valence-corrected chi connectivity index (χ3v) is 5.08. The van der Waals surface area contributed by atoms with Crippen LogP contribution < -0.4 is 15.7 Å². The van der Waals surface area contributed by atoms with E-state index in [1.165, 1.54) is 0 Å². The van der Waals surface area contributed by atoms with E-state index in [0.29, 0.717) is 28.1 Å². The zero-order valence-electron chi connectivity index (χ0n) is 17.0. The van der Waals surface area contributed by atoms with Crippen LogP contribution in [0.5, 0.6) is 5.75 Å². The molecule has 0 radical (unpaired) electrons. The molecule has 150 valence electrons. The standard InChI is InChI=1S/C25H21NO4/c1-15-7-6-9-20(23(15)29-3)24(27)26-18-11-12-19(16(2)13-18)21-14-17-8-4-5-10-22(17)30-25(21)28/h4-14H,1-3H3,(H,26,27). The van der Waals surface area contributed by atoms with Gasteiger partial charge in [0.2, 0.25) is 0 Å². The SMILES string of the molecule is COc1c(C)cccc1C(=O)Nc1ccc(-c2cc3ccccc3oc2=O)c(C)c1. The quantitative estimate of drug-likeness (QED) is 0.471. The van der Waals surface area contributed by atoms with Crippen LogP contribution in [0.3, 0.4) is 0 Å². The van der Waals surface area contributed by atoms with E-state index in [1.54, 1.807) is 25.3 Å². The van der Waals surface area contributed by atoms with Crippen LogP contribution in [0.1, 0.15) is 21.5 Å². The van der Waals surface area contributed by atoms with Crippen molar-refractivity contribution in [1.82, 2.24) is 0 Å². The van der Waals surface area contributed by atoms with Crippen LogP contribution in [0.4, 0.5) is 5.69 Å². The fourth-order valence-electron chi connectivity index (χ4n) is 3.59. The Morgan fingerprint density at radius 2 is 1.70 bits per heavy atom. The van der Waals surface area contributed by atoms with Crippen LogP contribution in [0, 0.1) is 13.8 Å². The minimum atomic E-state index is -0.391. The highest BCUT2D eigenvalue weighted by Gasteiger charge is 2.15. The molecule has 0 saturated heterocycles. The first kappa shape index (κ1) is 19.5. The average molecular weight is 399 g/mol. The molecule has 30 heavy (non-hydrogen) atoms. The molecule has 0 aliphatic carbocycles. The third-order valence-electron chi connectivity index (χ3n) is 5.08. The fourth-order valence-corrected chi connectivity index (χ4v) is 3.59. The van der Waals surface area contributed by atoms with Crippen molar-refractivity contribution < 1.29 is 13.9 Å². The minimum absolute atomic E-state index is 0.257. The van der Waals surface area contributed by atoms with E-state index in [1.807, 2.05) is 62.4 Å². The summed E-state index contributed by atoms with van der Waals surface area (Å²) in [5.74, 6) is 0.296. The normalized spacial score (nSPS) is 10.8. The number of hydrogen-bond acceptors (Lipinski definition) is 4. The Kier molecular flexibility index (Phi) is 5.11. The van der Waals surface area contributed by atoms with Gasteiger partial charge in [0.05, 0.1) is 18.2 Å². The number of para-hydroxylation sites is 2. The van der Waals surface area contributed by atoms with Crippen molar-refractivity contribution >= 4 is 22.6 Å². The fraction of sp³-hybridized carbons (Fsp3) is 0.120. The molecule has 4 aromatic rings. The van der Waals surface area contributed by atoms with Gasteiger partial charge in [0.1, 0.15) is 11.3 Å². The molecule has 1 amide bonds. The van der Waals surface area contributed by atoms with E-state index in [-0.39, 0.29) is 5.91 Å². The van der Waals surface area contributed by atoms with Crippen molar-refractivity contribution in [1.29, 1.82) is 0 Å². The maximum absolute atomic E-state index is 12.8. The van der Waals surface area contributed by atoms with E-state index in [0.717, 1.165) is 22.1 Å². The van der Waals surface area contributed by atoms with E-state index in [9.17, 15) is 9.59 Å². The van der Waals surface area contributed by atoms with Gasteiger partial charge in [-0.15, -0.1) is 0 Å². The minimum Gasteiger partial charge on any atom is -0.496 e. The lowest BCUT2D eigenvalue weighted by atomic mass is 10.00. The van der Waals surface area contributed by atoms with Gasteiger partial charge in [-0.25, -0.2) is 4.79 Å². The second-order valence-electron chi connectivity index (χ2n) is 7.12. The van der Waals surface area contributed by atoms with Gasteiger partial charge in [0, 0.05) is 11.1 Å². The Labute approximate surface area is 173 Å². The number of rotatable bonds is 4. The Bertz CT molecular complexity index is 1320. The Morgan fingerprint density at radius 3 is 2.47 bits per heavy atom. The molecular formula is C25H21NO4. The first-order valence-electron chi connectivity index (χ1n) is 9.57. The van der Waals surface area contributed by atoms with E-state index < -0.39 is 5.63 Å². The van der Waals surface area contributed by atoms with Gasteiger partial charge < -0.3 is 14.5 Å². The lowest BCUT2D eigenvalue weighted by molar-refractivity contribution is 0.102. The number of benzene rings is 3. The number of fused-ring (bicyclic) bond motifs is 1. The van der Waals surface area contributed by atoms with E-state index in [4.69, 9.17) is 9.15 Å². The largest absolute Gasteiger partial charge is 0.496 e. The number of aryl methyl sites for hydroxylation is 2. The molecule has 0 bridgehead atoms. The van der Waals surface area contributed by atoms with Gasteiger partial charge in [-0.3, -0.25) is 4.79 Å². The first-order valence-corrected chi connectivity index (χ1v) is 9.57. The summed E-state index contributed by atoms with van der Waals surface area (Å²) in [5.41, 5.74) is 4.26. The summed E-state index contributed by atoms with van der Waals surface area (Å²) < 4.78 is 10.8. The number of ether oxygens (including phenoxy) is 1. The van der Waals surface area contributed by atoms with Crippen LogP contribution in [-0.4, -0.2) is 13.0 Å². The number of amides is 1. The third kappa shape index (κ3) is 3.57. The predicted molar refractivity (Wildman–Crippen MR) is 118 cm³/mol. The van der Waals surface area contributed by atoms with Crippen molar-refractivity contribution in [3.63, 3.8) is 0 Å². The molecule has 5 nitrogen and oxygen atoms in total. The highest BCUT2D eigenvalue weighted by molar-refractivity contribution is 6.06. The van der Waals surface area contributed by atoms with Crippen molar-refractivity contribution in [2.24, 2.45) is 0 Å². The van der Waals surface area contributed by atoms with Crippen LogP contribution in [0.15, 0.2) is 75.9 Å². The van der Waals surface area contributed by atoms with Gasteiger partial charge in [0.25, 0.3) is 5.91 Å². The molecule has 0 atom stereocenters. The predicted octanol–water partition coefficient (Wildman–Crippen LogP) is 5.34. The molecule has 5 heteroatoms. The second kappa shape index (κ2) is 7.87. The van der Waals surface area contributed by atoms with Gasteiger partial charge in [-0.1, -0.05) is 36.4 Å². The molecule has 4 rings (SSSR count). The molecule has 1 heterocycles. The molecule has 0 unspecified atom stereocenters. The maximum atomic E-state index is 12.8. The Balaban J connectivity index is 1.66. The van der Waals surface area contributed by atoms with Gasteiger partial charge in [-0.05, 0) is 60.9 Å². The molecular weight excluding hydrogens is 378 g/mol. The first-order chi connectivity index (χ1) is 14.5. The van der Waals surface area contributed by atoms with Crippen LogP contribution in [-0.2, 0) is 0 Å². The smallest absolute Gasteiger partial charge is 0.344 e. The lowest BCUT2D eigenvalue weighted by Gasteiger charge is -2.13. The molecule has 0 spiro atoms. The average Bonchev–Trinajstić information content (AvgIpc) is 2.73. The summed E-state index contributed by atoms with van der Waals surface area (Å²) in [6, 6.07) is 20.1. The monoisotopic (exact) mass is 399 g/mol. The van der Waals surface area contributed by atoms with E-state index in [2.05, 4.69) is 5.32 Å². The zero-order chi connectivity index (χ0) is 21.3. The van der Waals surface area contributed by atoms with Gasteiger partial charge in [0.15, 0.2) is 0 Å². The zero-order valence-corrected chi connectivity index (χ0v) is 17.0. The number of methoxy groups -OCH3 is 1. The van der Waals surface area contributed by atoms with Crippen LogP contribution >= 0.6 is 0 Å². The molecule has 1 aromatic heterocycles. The molecule has 0 saturated carbocycles. The highest BCUT2D eigenvalue weighted by Crippen LogP contribution is 2.28. The number of nitrogens with one attached hydrogen (secondary N) is 1. The van der Waals surface area contributed by atoms with Crippen LogP contribution in [0.2, 0.25) is 0 Å². The van der Waals surface area contributed by atoms with Crippen molar-refractivity contribution in [2.75, 3.05) is 12.4 Å². The Hall–Kier alpha value is -3.86. The molecule has 1 N–H and O–H groups in total. The highest BCUT2D eigenvalue weighted by atomic mass is 16.5. The topological polar surface area (TPSA) is 68.5 Å². The van der Waals surface area contributed by atoms with Crippen molar-refractivity contribution in [3.8, 4) is 16.9 Å². The number of anilines is 1.